The molecule has 1 heterocycles. The summed E-state index contributed by atoms with van der Waals surface area (Å²) in [6.45, 7) is 0. The molecule has 0 amide bonds. The second-order valence-electron chi connectivity index (χ2n) is 12.0. The van der Waals surface area contributed by atoms with Gasteiger partial charge in [0.05, 0.1) is 0 Å². The van der Waals surface area contributed by atoms with Crippen LogP contribution in [0.4, 0.5) is 0 Å². The minimum Gasteiger partial charge on any atom is -0.456 e. The zero-order valence-electron chi connectivity index (χ0n) is 24.4. The Kier molecular flexibility index (Phi) is 5.06. The maximum absolute atomic E-state index is 6.39. The average Bonchev–Trinajstić information content (AvgIpc) is 3.45. The fourth-order valence-corrected chi connectivity index (χ4v) is 7.61. The van der Waals surface area contributed by atoms with E-state index in [0.717, 1.165) is 21.9 Å². The SMILES string of the molecule is c1ccc2cc3c(cc2c1)oc1ccc(-c2c4ccccc4c(-c4c5ccccc5cc5ccccc45)c4ccccc24)cc13. The van der Waals surface area contributed by atoms with Gasteiger partial charge in [-0.2, -0.15) is 0 Å². The molecule has 0 bridgehead atoms. The molecule has 0 aliphatic heterocycles. The highest BCUT2D eigenvalue weighted by Gasteiger charge is 2.20. The molecule has 0 aliphatic carbocycles. The summed E-state index contributed by atoms with van der Waals surface area (Å²) in [7, 11) is 0. The molecule has 9 aromatic carbocycles. The van der Waals surface area contributed by atoms with E-state index in [-0.39, 0.29) is 0 Å². The van der Waals surface area contributed by atoms with Crippen molar-refractivity contribution in [2.24, 2.45) is 0 Å². The Morgan fingerprint density at radius 1 is 0.267 bits per heavy atom. The Balaban J connectivity index is 1.34. The molecule has 0 saturated heterocycles. The summed E-state index contributed by atoms with van der Waals surface area (Å²) in [6, 6.07) is 57.4. The van der Waals surface area contributed by atoms with Crippen LogP contribution in [0.25, 0.3) is 98.1 Å². The molecular formula is C44H26O. The van der Waals surface area contributed by atoms with Gasteiger partial charge in [-0.3, -0.25) is 0 Å². The summed E-state index contributed by atoms with van der Waals surface area (Å²) in [5.41, 5.74) is 6.88. The molecule has 10 rings (SSSR count). The molecule has 1 heteroatoms. The summed E-state index contributed by atoms with van der Waals surface area (Å²) in [6.07, 6.45) is 0. The van der Waals surface area contributed by atoms with Crippen molar-refractivity contribution >= 4 is 75.8 Å². The number of furan rings is 1. The van der Waals surface area contributed by atoms with E-state index in [1.165, 1.54) is 76.1 Å². The molecule has 0 radical (unpaired) electrons. The summed E-state index contributed by atoms with van der Waals surface area (Å²) < 4.78 is 6.39. The lowest BCUT2D eigenvalue weighted by molar-refractivity contribution is 0.669. The highest BCUT2D eigenvalue weighted by molar-refractivity contribution is 6.27. The number of fused-ring (bicyclic) bond motifs is 8. The Labute approximate surface area is 259 Å². The Morgan fingerprint density at radius 2 is 0.711 bits per heavy atom. The van der Waals surface area contributed by atoms with Crippen LogP contribution in [-0.4, -0.2) is 0 Å². The third-order valence-corrected chi connectivity index (χ3v) is 9.58. The van der Waals surface area contributed by atoms with E-state index in [1.807, 2.05) is 0 Å². The molecule has 1 nitrogen and oxygen atoms in total. The predicted octanol–water partition coefficient (Wildman–Crippen LogP) is 12.7. The first kappa shape index (κ1) is 24.5. The van der Waals surface area contributed by atoms with E-state index in [0.29, 0.717) is 0 Å². The van der Waals surface area contributed by atoms with Crippen LogP contribution in [0.3, 0.4) is 0 Å². The van der Waals surface area contributed by atoms with Gasteiger partial charge in [0.15, 0.2) is 0 Å². The average molecular weight is 571 g/mol. The summed E-state index contributed by atoms with van der Waals surface area (Å²) in [5, 5.41) is 14.8. The molecule has 1 aromatic heterocycles. The van der Waals surface area contributed by atoms with E-state index < -0.39 is 0 Å². The van der Waals surface area contributed by atoms with E-state index in [1.54, 1.807) is 0 Å². The van der Waals surface area contributed by atoms with Crippen LogP contribution in [-0.2, 0) is 0 Å². The van der Waals surface area contributed by atoms with Crippen molar-refractivity contribution in [3.8, 4) is 22.3 Å². The van der Waals surface area contributed by atoms with Gasteiger partial charge in [0.1, 0.15) is 11.2 Å². The molecule has 208 valence electrons. The molecule has 0 saturated carbocycles. The van der Waals surface area contributed by atoms with Gasteiger partial charge in [-0.25, -0.2) is 0 Å². The quantitative estimate of drug-likeness (QED) is 0.188. The van der Waals surface area contributed by atoms with Crippen molar-refractivity contribution in [3.05, 3.63) is 158 Å². The molecule has 0 unspecified atom stereocenters. The van der Waals surface area contributed by atoms with Crippen molar-refractivity contribution in [2.45, 2.75) is 0 Å². The monoisotopic (exact) mass is 570 g/mol. The molecule has 0 atom stereocenters. The highest BCUT2D eigenvalue weighted by Crippen LogP contribution is 2.48. The first-order valence-electron chi connectivity index (χ1n) is 15.5. The van der Waals surface area contributed by atoms with Crippen LogP contribution >= 0.6 is 0 Å². The van der Waals surface area contributed by atoms with Crippen LogP contribution in [0, 0.1) is 0 Å². The Morgan fingerprint density at radius 3 is 1.31 bits per heavy atom. The number of hydrogen-bond acceptors (Lipinski definition) is 1. The third-order valence-electron chi connectivity index (χ3n) is 9.58. The topological polar surface area (TPSA) is 13.1 Å². The molecule has 45 heavy (non-hydrogen) atoms. The van der Waals surface area contributed by atoms with Gasteiger partial charge in [-0.1, -0.05) is 127 Å². The molecule has 0 N–H and O–H groups in total. The van der Waals surface area contributed by atoms with Crippen molar-refractivity contribution < 1.29 is 4.42 Å². The van der Waals surface area contributed by atoms with E-state index in [2.05, 4.69) is 158 Å². The summed E-state index contributed by atoms with van der Waals surface area (Å²) >= 11 is 0. The van der Waals surface area contributed by atoms with Crippen molar-refractivity contribution in [1.82, 2.24) is 0 Å². The molecule has 10 aromatic rings. The van der Waals surface area contributed by atoms with Crippen molar-refractivity contribution in [2.75, 3.05) is 0 Å². The number of rotatable bonds is 2. The van der Waals surface area contributed by atoms with Gasteiger partial charge < -0.3 is 4.42 Å². The van der Waals surface area contributed by atoms with Crippen LogP contribution < -0.4 is 0 Å². The fraction of sp³-hybridized carbons (Fsp3) is 0. The molecule has 0 fully saturated rings. The smallest absolute Gasteiger partial charge is 0.136 e. The second-order valence-corrected chi connectivity index (χ2v) is 12.0. The number of benzene rings is 9. The lowest BCUT2D eigenvalue weighted by Gasteiger charge is -2.20. The van der Waals surface area contributed by atoms with Gasteiger partial charge >= 0.3 is 0 Å². The fourth-order valence-electron chi connectivity index (χ4n) is 7.61. The van der Waals surface area contributed by atoms with Crippen LogP contribution in [0.5, 0.6) is 0 Å². The standard InChI is InChI=1S/C44H26O/c1-2-12-28-26-41-39(24-27(28)11-1)38-25-31(21-22-40(38)45-41)42-34-17-7-9-19-36(34)44(37-20-10-8-18-35(37)42)43-32-15-5-3-13-29(32)23-30-14-4-6-16-33(30)43/h1-26H. The lowest BCUT2D eigenvalue weighted by Crippen LogP contribution is -1.92. The van der Waals surface area contributed by atoms with E-state index >= 15 is 0 Å². The minimum atomic E-state index is 0.913. The van der Waals surface area contributed by atoms with Gasteiger partial charge in [-0.15, -0.1) is 0 Å². The lowest BCUT2D eigenvalue weighted by atomic mass is 9.83. The van der Waals surface area contributed by atoms with Gasteiger partial charge in [-0.05, 0) is 106 Å². The Hall–Kier alpha value is -5.92. The first-order chi connectivity index (χ1) is 22.3. The maximum atomic E-state index is 6.39. The Bertz CT molecular complexity index is 2700. The van der Waals surface area contributed by atoms with Crippen molar-refractivity contribution in [3.63, 3.8) is 0 Å². The normalized spacial score (nSPS) is 12.0. The minimum absolute atomic E-state index is 0.913. The van der Waals surface area contributed by atoms with Gasteiger partial charge in [0.2, 0.25) is 0 Å². The van der Waals surface area contributed by atoms with Crippen molar-refractivity contribution in [1.29, 1.82) is 0 Å². The van der Waals surface area contributed by atoms with E-state index in [9.17, 15) is 0 Å². The molecule has 0 spiro atoms. The third kappa shape index (κ3) is 3.56. The predicted molar refractivity (Wildman–Crippen MR) is 192 cm³/mol. The number of hydrogen-bond donors (Lipinski definition) is 0. The van der Waals surface area contributed by atoms with E-state index in [4.69, 9.17) is 4.42 Å². The molecular weight excluding hydrogens is 544 g/mol. The molecule has 0 aliphatic rings. The summed E-state index contributed by atoms with van der Waals surface area (Å²) in [4.78, 5) is 0. The van der Waals surface area contributed by atoms with Crippen LogP contribution in [0.1, 0.15) is 0 Å². The highest BCUT2D eigenvalue weighted by atomic mass is 16.3. The van der Waals surface area contributed by atoms with Crippen LogP contribution in [0.15, 0.2) is 162 Å². The largest absolute Gasteiger partial charge is 0.456 e. The second kappa shape index (κ2) is 9.29. The van der Waals surface area contributed by atoms with Crippen LogP contribution in [0.2, 0.25) is 0 Å². The zero-order valence-corrected chi connectivity index (χ0v) is 24.4. The maximum Gasteiger partial charge on any atom is 0.136 e. The van der Waals surface area contributed by atoms with Gasteiger partial charge in [0, 0.05) is 10.8 Å². The summed E-state index contributed by atoms with van der Waals surface area (Å²) in [5.74, 6) is 0. The zero-order chi connectivity index (χ0) is 29.5. The first-order valence-corrected chi connectivity index (χ1v) is 15.5. The van der Waals surface area contributed by atoms with Gasteiger partial charge in [0.25, 0.3) is 0 Å².